The van der Waals surface area contributed by atoms with Crippen LogP contribution in [-0.4, -0.2) is 16.2 Å². The first-order chi connectivity index (χ1) is 8.85. The number of anilines is 1. The number of aryl methyl sites for hydroxylation is 1. The maximum Gasteiger partial charge on any atom is 0.148 e. The molecule has 3 rings (SSSR count). The molecule has 1 heterocycles. The molecule has 3 nitrogen and oxygen atoms in total. The fourth-order valence-electron chi connectivity index (χ4n) is 1.91. The molecule has 18 heavy (non-hydrogen) atoms. The van der Waals surface area contributed by atoms with E-state index in [-0.39, 0.29) is 0 Å². The molecule has 0 radical (unpaired) electrons. The number of rotatable bonds is 4. The first-order valence-electron chi connectivity index (χ1n) is 6.55. The Kier molecular flexibility index (Phi) is 2.97. The topological polar surface area (TPSA) is 37.8 Å². The van der Waals surface area contributed by atoms with Crippen molar-refractivity contribution >= 4 is 5.82 Å². The van der Waals surface area contributed by atoms with Gasteiger partial charge in [-0.3, -0.25) is 0 Å². The molecule has 0 amide bonds. The van der Waals surface area contributed by atoms with E-state index < -0.39 is 0 Å². The van der Waals surface area contributed by atoms with Crippen LogP contribution in [0.15, 0.2) is 36.4 Å². The van der Waals surface area contributed by atoms with Crippen molar-refractivity contribution in [3.05, 3.63) is 42.0 Å². The van der Waals surface area contributed by atoms with E-state index in [9.17, 15) is 0 Å². The van der Waals surface area contributed by atoms with Crippen LogP contribution in [0.2, 0.25) is 0 Å². The third-order valence-corrected chi connectivity index (χ3v) is 3.25. The van der Waals surface area contributed by atoms with Gasteiger partial charge in [-0.1, -0.05) is 31.2 Å². The number of benzene rings is 1. The van der Waals surface area contributed by atoms with Gasteiger partial charge in [-0.15, -0.1) is 10.2 Å². The van der Waals surface area contributed by atoms with Crippen LogP contribution in [0.25, 0.3) is 11.3 Å². The molecule has 1 aromatic heterocycles. The van der Waals surface area contributed by atoms with Crippen LogP contribution < -0.4 is 5.32 Å². The molecule has 0 spiro atoms. The lowest BCUT2D eigenvalue weighted by molar-refractivity contribution is 1.00. The van der Waals surface area contributed by atoms with Gasteiger partial charge < -0.3 is 5.32 Å². The highest BCUT2D eigenvalue weighted by atomic mass is 15.2. The van der Waals surface area contributed by atoms with Crippen LogP contribution in [0.3, 0.4) is 0 Å². The molecule has 0 bridgehead atoms. The van der Waals surface area contributed by atoms with Crippen LogP contribution in [0.1, 0.15) is 25.3 Å². The summed E-state index contributed by atoms with van der Waals surface area (Å²) in [5.41, 5.74) is 3.40. The Bertz CT molecular complexity index is 512. The molecule has 1 aliphatic rings. The Morgan fingerprint density at radius 3 is 2.39 bits per heavy atom. The molecule has 0 aliphatic heterocycles. The summed E-state index contributed by atoms with van der Waals surface area (Å²) in [4.78, 5) is 0. The zero-order valence-electron chi connectivity index (χ0n) is 10.6. The maximum atomic E-state index is 4.27. The third-order valence-electron chi connectivity index (χ3n) is 3.25. The van der Waals surface area contributed by atoms with Crippen molar-refractivity contribution in [3.63, 3.8) is 0 Å². The lowest BCUT2D eigenvalue weighted by Gasteiger charge is -2.04. The number of nitrogens with one attached hydrogen (secondary N) is 1. The second-order valence-corrected chi connectivity index (χ2v) is 4.77. The molecular formula is C15H17N3. The van der Waals surface area contributed by atoms with Crippen molar-refractivity contribution in [2.45, 2.75) is 32.2 Å². The maximum absolute atomic E-state index is 4.27. The Balaban J connectivity index is 1.77. The summed E-state index contributed by atoms with van der Waals surface area (Å²) in [6.45, 7) is 2.16. The molecule has 1 N–H and O–H groups in total. The van der Waals surface area contributed by atoms with Crippen LogP contribution in [0.4, 0.5) is 5.82 Å². The number of hydrogen-bond acceptors (Lipinski definition) is 3. The van der Waals surface area contributed by atoms with Gasteiger partial charge in [0.2, 0.25) is 0 Å². The van der Waals surface area contributed by atoms with Crippen molar-refractivity contribution in [3.8, 4) is 11.3 Å². The largest absolute Gasteiger partial charge is 0.366 e. The smallest absolute Gasteiger partial charge is 0.148 e. The van der Waals surface area contributed by atoms with E-state index in [0.29, 0.717) is 6.04 Å². The summed E-state index contributed by atoms with van der Waals surface area (Å²) in [5.74, 6) is 0.881. The van der Waals surface area contributed by atoms with E-state index in [1.54, 1.807) is 0 Å². The van der Waals surface area contributed by atoms with E-state index in [0.717, 1.165) is 23.5 Å². The van der Waals surface area contributed by atoms with E-state index in [1.165, 1.54) is 18.4 Å². The Morgan fingerprint density at radius 2 is 1.83 bits per heavy atom. The summed E-state index contributed by atoms with van der Waals surface area (Å²) >= 11 is 0. The van der Waals surface area contributed by atoms with Crippen LogP contribution in [0, 0.1) is 0 Å². The summed E-state index contributed by atoms with van der Waals surface area (Å²) in [5, 5.41) is 11.8. The fraction of sp³-hybridized carbons (Fsp3) is 0.333. The normalized spacial score (nSPS) is 14.5. The Morgan fingerprint density at radius 1 is 1.06 bits per heavy atom. The first kappa shape index (κ1) is 11.2. The van der Waals surface area contributed by atoms with Gasteiger partial charge in [0.25, 0.3) is 0 Å². The highest BCUT2D eigenvalue weighted by Crippen LogP contribution is 2.24. The molecule has 0 saturated heterocycles. The highest BCUT2D eigenvalue weighted by molar-refractivity contribution is 5.60. The molecular weight excluding hydrogens is 222 g/mol. The monoisotopic (exact) mass is 239 g/mol. The summed E-state index contributed by atoms with van der Waals surface area (Å²) in [6.07, 6.45) is 3.57. The first-order valence-corrected chi connectivity index (χ1v) is 6.55. The van der Waals surface area contributed by atoms with Crippen molar-refractivity contribution in [2.75, 3.05) is 5.32 Å². The zero-order valence-corrected chi connectivity index (χ0v) is 10.6. The van der Waals surface area contributed by atoms with Crippen molar-refractivity contribution in [1.82, 2.24) is 10.2 Å². The van der Waals surface area contributed by atoms with Gasteiger partial charge in [-0.2, -0.15) is 0 Å². The quantitative estimate of drug-likeness (QED) is 0.889. The fourth-order valence-corrected chi connectivity index (χ4v) is 1.91. The zero-order chi connectivity index (χ0) is 12.4. The van der Waals surface area contributed by atoms with Gasteiger partial charge in [0.05, 0.1) is 5.69 Å². The lowest BCUT2D eigenvalue weighted by atomic mass is 10.1. The summed E-state index contributed by atoms with van der Waals surface area (Å²) in [6, 6.07) is 13.2. The average Bonchev–Trinajstić information content (AvgIpc) is 3.24. The molecule has 2 aromatic rings. The van der Waals surface area contributed by atoms with Gasteiger partial charge in [0.15, 0.2) is 0 Å². The average molecular weight is 239 g/mol. The summed E-state index contributed by atoms with van der Waals surface area (Å²) in [7, 11) is 0. The van der Waals surface area contributed by atoms with Crippen LogP contribution in [-0.2, 0) is 6.42 Å². The number of nitrogens with zero attached hydrogens (tertiary/aromatic N) is 2. The second-order valence-electron chi connectivity index (χ2n) is 4.77. The van der Waals surface area contributed by atoms with Crippen LogP contribution >= 0.6 is 0 Å². The summed E-state index contributed by atoms with van der Waals surface area (Å²) < 4.78 is 0. The van der Waals surface area contributed by atoms with E-state index >= 15 is 0 Å². The minimum Gasteiger partial charge on any atom is -0.366 e. The molecule has 0 atom stereocenters. The molecule has 1 saturated carbocycles. The number of hydrogen-bond donors (Lipinski definition) is 1. The Labute approximate surface area is 107 Å². The SMILES string of the molecule is CCc1ccc(-c2ccc(NC3CC3)nn2)cc1. The van der Waals surface area contributed by atoms with Crippen molar-refractivity contribution < 1.29 is 0 Å². The molecule has 3 heteroatoms. The van der Waals surface area contributed by atoms with Gasteiger partial charge in [0, 0.05) is 11.6 Å². The van der Waals surface area contributed by atoms with Crippen molar-refractivity contribution in [1.29, 1.82) is 0 Å². The molecule has 0 unspecified atom stereocenters. The van der Waals surface area contributed by atoms with Gasteiger partial charge in [-0.05, 0) is 37.0 Å². The lowest BCUT2D eigenvalue weighted by Crippen LogP contribution is -2.03. The van der Waals surface area contributed by atoms with E-state index in [2.05, 4.69) is 46.7 Å². The predicted octanol–water partition coefficient (Wildman–Crippen LogP) is 3.28. The second kappa shape index (κ2) is 4.77. The minimum atomic E-state index is 0.619. The van der Waals surface area contributed by atoms with Gasteiger partial charge in [-0.25, -0.2) is 0 Å². The Hall–Kier alpha value is -1.90. The van der Waals surface area contributed by atoms with Crippen LogP contribution in [0.5, 0.6) is 0 Å². The molecule has 1 aliphatic carbocycles. The molecule has 92 valence electrons. The minimum absolute atomic E-state index is 0.619. The molecule has 1 fully saturated rings. The third kappa shape index (κ3) is 2.50. The predicted molar refractivity (Wildman–Crippen MR) is 73.5 cm³/mol. The molecule has 1 aromatic carbocycles. The van der Waals surface area contributed by atoms with Crippen molar-refractivity contribution in [2.24, 2.45) is 0 Å². The van der Waals surface area contributed by atoms with E-state index in [1.807, 2.05) is 12.1 Å². The highest BCUT2D eigenvalue weighted by Gasteiger charge is 2.21. The number of aromatic nitrogens is 2. The standard InChI is InChI=1S/C15H17N3/c1-2-11-3-5-12(6-4-11)14-9-10-15(18-17-14)16-13-7-8-13/h3-6,9-10,13H,2,7-8H2,1H3,(H,16,18). The van der Waals surface area contributed by atoms with Gasteiger partial charge >= 0.3 is 0 Å². The van der Waals surface area contributed by atoms with E-state index in [4.69, 9.17) is 0 Å². The van der Waals surface area contributed by atoms with Gasteiger partial charge in [0.1, 0.15) is 5.82 Å².